The van der Waals surface area contributed by atoms with Crippen LogP contribution < -0.4 is 11.3 Å². The highest BCUT2D eigenvalue weighted by Gasteiger charge is 2.37. The Morgan fingerprint density at radius 1 is 1.05 bits per heavy atom. The third kappa shape index (κ3) is 5.02. The maximum Gasteiger partial charge on any atom is 0.335 e. The normalized spacial score (nSPS) is 14.1. The van der Waals surface area contributed by atoms with Crippen molar-refractivity contribution in [2.75, 3.05) is 6.61 Å². The average Bonchev–Trinajstić information content (AvgIpc) is 3.33. The monoisotopic (exact) mass is 504 g/mol. The zero-order valence-corrected chi connectivity index (χ0v) is 20.0. The van der Waals surface area contributed by atoms with Crippen LogP contribution in [0.1, 0.15) is 56.2 Å². The fourth-order valence-electron chi connectivity index (χ4n) is 3.86. The summed E-state index contributed by atoms with van der Waals surface area (Å²) in [7, 11) is 0. The van der Waals surface area contributed by atoms with Gasteiger partial charge in [0.05, 0.1) is 27.9 Å². The minimum absolute atomic E-state index is 0.0404. The summed E-state index contributed by atoms with van der Waals surface area (Å²) in [6.45, 7) is 4.66. The number of aromatic amines is 1. The molecule has 0 atom stereocenters. The quantitative estimate of drug-likeness (QED) is 0.356. The fraction of sp³-hybridized carbons (Fsp3) is 0.192. The molecule has 0 radical (unpaired) electrons. The lowest BCUT2D eigenvalue weighted by Gasteiger charge is -2.29. The molecule has 1 fully saturated rings. The van der Waals surface area contributed by atoms with E-state index in [1.54, 1.807) is 12.1 Å². The molecule has 5 N–H and O–H groups in total. The number of hydrogen-bond acceptors (Lipinski definition) is 6. The van der Waals surface area contributed by atoms with Crippen LogP contribution in [0.2, 0.25) is 0 Å². The van der Waals surface area contributed by atoms with Crippen molar-refractivity contribution in [1.82, 2.24) is 14.7 Å². The summed E-state index contributed by atoms with van der Waals surface area (Å²) >= 11 is 0. The molecule has 0 unspecified atom stereocenters. The molecule has 1 saturated heterocycles. The zero-order valence-electron chi connectivity index (χ0n) is 20.0. The topological polar surface area (TPSA) is 168 Å². The van der Waals surface area contributed by atoms with Gasteiger partial charge in [-0.15, -0.1) is 0 Å². The smallest absolute Gasteiger partial charge is 0.335 e. The second-order valence-corrected chi connectivity index (χ2v) is 9.04. The first-order valence-electron chi connectivity index (χ1n) is 11.2. The van der Waals surface area contributed by atoms with Gasteiger partial charge in [0.1, 0.15) is 12.3 Å². The van der Waals surface area contributed by atoms with Crippen molar-refractivity contribution >= 4 is 23.9 Å². The molecule has 2 heterocycles. The van der Waals surface area contributed by atoms with Crippen molar-refractivity contribution in [2.24, 2.45) is 5.73 Å². The van der Waals surface area contributed by atoms with Crippen LogP contribution in [0.15, 0.2) is 64.9 Å². The number of carboxylic acids is 2. The number of nitrogens with one attached hydrogen (secondary N) is 1. The number of benzene rings is 2. The van der Waals surface area contributed by atoms with Gasteiger partial charge in [0.15, 0.2) is 0 Å². The Morgan fingerprint density at radius 2 is 1.62 bits per heavy atom. The summed E-state index contributed by atoms with van der Waals surface area (Å²) < 4.78 is 6.91. The molecule has 4 rings (SSSR count). The van der Waals surface area contributed by atoms with E-state index in [0.29, 0.717) is 24.7 Å². The van der Waals surface area contributed by atoms with Gasteiger partial charge < -0.3 is 25.6 Å². The summed E-state index contributed by atoms with van der Waals surface area (Å²) in [6.07, 6.45) is 1.32. The Bertz CT molecular complexity index is 1510. The summed E-state index contributed by atoms with van der Waals surface area (Å²) in [5, 5.41) is 20.9. The van der Waals surface area contributed by atoms with Crippen LogP contribution in [0.25, 0.3) is 11.8 Å². The van der Waals surface area contributed by atoms with Crippen molar-refractivity contribution in [3.8, 4) is 5.69 Å². The Morgan fingerprint density at radius 3 is 2.16 bits per heavy atom. The summed E-state index contributed by atoms with van der Waals surface area (Å²) in [4.78, 5) is 49.4. The number of primary amides is 1. The predicted molar refractivity (Wildman–Crippen MR) is 132 cm³/mol. The minimum Gasteiger partial charge on any atom is -0.478 e. The third-order valence-corrected chi connectivity index (χ3v) is 5.96. The molecule has 1 aliphatic rings. The van der Waals surface area contributed by atoms with Gasteiger partial charge >= 0.3 is 11.9 Å². The number of ether oxygens (including phenoxy) is 1. The molecular formula is C26H24N4O7. The Hall–Kier alpha value is -5.02. The molecule has 11 heteroatoms. The molecule has 2 aromatic carbocycles. The summed E-state index contributed by atoms with van der Waals surface area (Å²) in [5.41, 5.74) is 8.63. The highest BCUT2D eigenvalue weighted by atomic mass is 16.5. The van der Waals surface area contributed by atoms with Crippen molar-refractivity contribution in [3.63, 3.8) is 0 Å². The number of rotatable bonds is 7. The molecule has 11 nitrogen and oxygen atoms in total. The van der Waals surface area contributed by atoms with Gasteiger partial charge in [-0.1, -0.05) is 17.9 Å². The summed E-state index contributed by atoms with van der Waals surface area (Å²) in [5.74, 6) is -2.65. The van der Waals surface area contributed by atoms with E-state index >= 15 is 0 Å². The molecule has 1 amide bonds. The molecule has 0 bridgehead atoms. The SMILES string of the molecule is CC1(C)COC(=C=Cc2c(C(N)=O)[nH]n(-c3ccc(C(=O)O)cc3)c2=O)N1Cc1ccc(C(=O)O)cc1. The van der Waals surface area contributed by atoms with Crippen molar-refractivity contribution < 1.29 is 29.3 Å². The van der Waals surface area contributed by atoms with Crippen LogP contribution in [0.5, 0.6) is 0 Å². The van der Waals surface area contributed by atoms with E-state index in [4.69, 9.17) is 20.7 Å². The standard InChI is InChI=1S/C26H24N4O7/c1-26(2)14-37-20(29(26)13-15-3-5-16(6-4-15)24(33)34)12-11-19-21(22(27)31)28-30(23(19)32)18-9-7-17(8-10-18)25(35)36/h3-11,28H,13-14H2,1-2H3,(H2,27,31)(H,33,34)(H,35,36). The summed E-state index contributed by atoms with van der Waals surface area (Å²) in [6, 6.07) is 12.0. The Balaban J connectivity index is 1.71. The van der Waals surface area contributed by atoms with E-state index in [0.717, 1.165) is 10.2 Å². The number of aromatic nitrogens is 2. The van der Waals surface area contributed by atoms with Crippen LogP contribution in [0.3, 0.4) is 0 Å². The molecule has 190 valence electrons. The lowest BCUT2D eigenvalue weighted by atomic mass is 10.0. The number of carbonyl (C=O) groups excluding carboxylic acids is 1. The zero-order chi connectivity index (χ0) is 26.9. The first kappa shape index (κ1) is 25.1. The number of nitrogens with two attached hydrogens (primary N) is 1. The second kappa shape index (κ2) is 9.56. The number of H-pyrrole nitrogens is 1. The van der Waals surface area contributed by atoms with Crippen LogP contribution in [-0.4, -0.2) is 54.9 Å². The largest absolute Gasteiger partial charge is 0.478 e. The number of carboxylic acid groups (broad SMARTS) is 2. The molecule has 0 spiro atoms. The van der Waals surface area contributed by atoms with Crippen molar-refractivity contribution in [3.05, 3.63) is 98.4 Å². The average molecular weight is 504 g/mol. The Kier molecular flexibility index (Phi) is 6.48. The van der Waals surface area contributed by atoms with Gasteiger partial charge in [0.2, 0.25) is 5.88 Å². The number of aromatic carboxylic acids is 2. The lowest BCUT2D eigenvalue weighted by molar-refractivity contribution is 0.0686. The maximum atomic E-state index is 13.1. The minimum atomic E-state index is -1.11. The number of hydrogen-bond donors (Lipinski definition) is 4. The molecule has 1 aliphatic heterocycles. The molecule has 3 aromatic rings. The van der Waals surface area contributed by atoms with Crippen LogP contribution in [-0.2, 0) is 11.3 Å². The van der Waals surface area contributed by atoms with Crippen LogP contribution >= 0.6 is 0 Å². The highest BCUT2D eigenvalue weighted by molar-refractivity contribution is 5.94. The number of carbonyl (C=O) groups is 3. The first-order valence-corrected chi connectivity index (χ1v) is 11.2. The van der Waals surface area contributed by atoms with Gasteiger partial charge in [0, 0.05) is 12.6 Å². The van der Waals surface area contributed by atoms with Crippen LogP contribution in [0, 0.1) is 0 Å². The van der Waals surface area contributed by atoms with Gasteiger partial charge in [0.25, 0.3) is 11.5 Å². The maximum absolute atomic E-state index is 13.1. The van der Waals surface area contributed by atoms with E-state index in [2.05, 4.69) is 10.8 Å². The lowest BCUT2D eigenvalue weighted by Crippen LogP contribution is -2.38. The Labute approximate surface area is 210 Å². The molecule has 0 aliphatic carbocycles. The van der Waals surface area contributed by atoms with E-state index < -0.39 is 28.9 Å². The molecule has 0 saturated carbocycles. The predicted octanol–water partition coefficient (Wildman–Crippen LogP) is 2.43. The number of nitrogens with zero attached hydrogens (tertiary/aromatic N) is 2. The van der Waals surface area contributed by atoms with E-state index in [1.165, 1.54) is 42.5 Å². The van der Waals surface area contributed by atoms with Gasteiger partial charge in [-0.2, -0.15) is 0 Å². The first-order chi connectivity index (χ1) is 17.5. The highest BCUT2D eigenvalue weighted by Crippen LogP contribution is 2.31. The van der Waals surface area contributed by atoms with Gasteiger partial charge in [-0.25, -0.2) is 14.3 Å². The molecular weight excluding hydrogens is 480 g/mol. The van der Waals surface area contributed by atoms with E-state index in [1.807, 2.05) is 18.7 Å². The van der Waals surface area contributed by atoms with Gasteiger partial charge in [-0.3, -0.25) is 14.7 Å². The van der Waals surface area contributed by atoms with E-state index in [9.17, 15) is 19.2 Å². The second-order valence-electron chi connectivity index (χ2n) is 9.04. The number of amides is 1. The van der Waals surface area contributed by atoms with Crippen molar-refractivity contribution in [2.45, 2.75) is 25.9 Å². The molecule has 1 aromatic heterocycles. The van der Waals surface area contributed by atoms with Gasteiger partial charge in [-0.05, 0) is 55.8 Å². The van der Waals surface area contributed by atoms with E-state index in [-0.39, 0.29) is 22.4 Å². The molecule has 37 heavy (non-hydrogen) atoms. The van der Waals surface area contributed by atoms with Crippen LogP contribution in [0.4, 0.5) is 0 Å². The third-order valence-electron chi connectivity index (χ3n) is 5.96. The fourth-order valence-corrected chi connectivity index (χ4v) is 3.86. The van der Waals surface area contributed by atoms with Crippen molar-refractivity contribution in [1.29, 1.82) is 0 Å².